The molecule has 6 atom stereocenters. The first kappa shape index (κ1) is 91.1. The summed E-state index contributed by atoms with van der Waals surface area (Å²) in [5.41, 5.74) is 0. The summed E-state index contributed by atoms with van der Waals surface area (Å²) in [5, 5.41) is 10.6. The van der Waals surface area contributed by atoms with Crippen LogP contribution in [-0.4, -0.2) is 96.7 Å². The number of rotatable bonds is 73. The third kappa shape index (κ3) is 67.0. The van der Waals surface area contributed by atoms with Crippen molar-refractivity contribution in [2.24, 2.45) is 11.8 Å². The molecule has 0 bridgehead atoms. The van der Waals surface area contributed by atoms with Crippen LogP contribution >= 0.6 is 15.6 Å². The van der Waals surface area contributed by atoms with Crippen molar-refractivity contribution in [1.29, 1.82) is 0 Å². The van der Waals surface area contributed by atoms with Crippen LogP contribution in [-0.2, 0) is 65.4 Å². The maximum Gasteiger partial charge on any atom is 0.472 e. The Balaban J connectivity index is 5.17. The number of phosphoric ester groups is 2. The summed E-state index contributed by atoms with van der Waals surface area (Å²) >= 11 is 0. The van der Waals surface area contributed by atoms with E-state index >= 15 is 0 Å². The highest BCUT2D eigenvalue weighted by Crippen LogP contribution is 2.45. The molecule has 0 radical (unpaired) electrons. The van der Waals surface area contributed by atoms with Crippen molar-refractivity contribution >= 4 is 39.5 Å². The van der Waals surface area contributed by atoms with E-state index in [2.05, 4.69) is 41.5 Å². The van der Waals surface area contributed by atoms with Gasteiger partial charge in [-0.15, -0.1) is 0 Å². The first-order valence-corrected chi connectivity index (χ1v) is 41.5. The van der Waals surface area contributed by atoms with Crippen LogP contribution in [0.3, 0.4) is 0 Å². The molecule has 19 heteroatoms. The lowest BCUT2D eigenvalue weighted by Gasteiger charge is -2.21. The van der Waals surface area contributed by atoms with Gasteiger partial charge in [-0.1, -0.05) is 330 Å². The predicted molar refractivity (Wildman–Crippen MR) is 377 cm³/mol. The number of unbranched alkanes of at least 4 members (excludes halogenated alkanes) is 42. The Morgan fingerprint density at radius 1 is 0.312 bits per heavy atom. The third-order valence-corrected chi connectivity index (χ3v) is 19.5. The topological polar surface area (TPSA) is 237 Å². The number of esters is 4. The number of aliphatic hydroxyl groups excluding tert-OH is 1. The minimum Gasteiger partial charge on any atom is -0.462 e. The fraction of sp³-hybridized carbons (Fsp3) is 0.946. The van der Waals surface area contributed by atoms with Gasteiger partial charge in [0.25, 0.3) is 0 Å². The molecular formula is C74H144O17P2. The smallest absolute Gasteiger partial charge is 0.462 e. The Morgan fingerprint density at radius 3 is 0.817 bits per heavy atom. The molecule has 0 saturated carbocycles. The van der Waals surface area contributed by atoms with Crippen molar-refractivity contribution in [3.05, 3.63) is 0 Å². The number of aliphatic hydroxyl groups is 1. The van der Waals surface area contributed by atoms with E-state index in [0.29, 0.717) is 25.7 Å². The standard InChI is InChI=1S/C74H144O17P2/c1-7-10-12-14-16-18-19-20-28-31-34-38-45-51-57-72(77)85-62-69(90-73(78)58-52-46-39-35-32-29-26-24-22-21-23-25-27-30-33-36-42-48-54-66(4)5)64-88-92(80,81)86-60-68(75)61-87-93(82,83)89-65-70(63-84-71(76)56-50-44-37-17-15-13-11-8-2)91-74(79)59-53-47-41-40-43-49-55-67(6)9-3/h66-70,75H,7-65H2,1-6H3,(H,80,81)(H,82,83)/t67?,68-,69-,70-/m1/s1. The summed E-state index contributed by atoms with van der Waals surface area (Å²) in [6.07, 6.45) is 52.9. The molecule has 0 heterocycles. The van der Waals surface area contributed by atoms with E-state index < -0.39 is 97.5 Å². The van der Waals surface area contributed by atoms with Gasteiger partial charge in [0.1, 0.15) is 19.3 Å². The van der Waals surface area contributed by atoms with Gasteiger partial charge >= 0.3 is 39.5 Å². The number of hydrogen-bond donors (Lipinski definition) is 3. The van der Waals surface area contributed by atoms with Crippen molar-refractivity contribution in [2.75, 3.05) is 39.6 Å². The maximum atomic E-state index is 13.1. The summed E-state index contributed by atoms with van der Waals surface area (Å²) in [5.74, 6) is -0.583. The molecule has 0 fully saturated rings. The normalized spacial score (nSPS) is 14.3. The van der Waals surface area contributed by atoms with Crippen LogP contribution < -0.4 is 0 Å². The number of phosphoric acid groups is 2. The molecule has 17 nitrogen and oxygen atoms in total. The molecular weight excluding hydrogens is 1220 g/mol. The molecule has 0 saturated heterocycles. The molecule has 0 spiro atoms. The van der Waals surface area contributed by atoms with Gasteiger partial charge in [-0.2, -0.15) is 0 Å². The summed E-state index contributed by atoms with van der Waals surface area (Å²) in [6, 6.07) is 0. The van der Waals surface area contributed by atoms with Crippen LogP contribution in [0.1, 0.15) is 382 Å². The van der Waals surface area contributed by atoms with Crippen LogP contribution in [0.2, 0.25) is 0 Å². The molecule has 0 amide bonds. The Morgan fingerprint density at radius 2 is 0.548 bits per heavy atom. The lowest BCUT2D eigenvalue weighted by Crippen LogP contribution is -2.30. The van der Waals surface area contributed by atoms with E-state index in [1.54, 1.807) is 0 Å². The van der Waals surface area contributed by atoms with Crippen LogP contribution in [0.4, 0.5) is 0 Å². The van der Waals surface area contributed by atoms with Crippen molar-refractivity contribution in [2.45, 2.75) is 400 Å². The minimum absolute atomic E-state index is 0.103. The van der Waals surface area contributed by atoms with Crippen molar-refractivity contribution in [3.8, 4) is 0 Å². The molecule has 93 heavy (non-hydrogen) atoms. The highest BCUT2D eigenvalue weighted by molar-refractivity contribution is 7.47. The molecule has 0 aromatic carbocycles. The fourth-order valence-electron chi connectivity index (χ4n) is 11.3. The van der Waals surface area contributed by atoms with E-state index in [0.717, 1.165) is 108 Å². The highest BCUT2D eigenvalue weighted by Gasteiger charge is 2.30. The zero-order chi connectivity index (χ0) is 68.6. The molecule has 3 unspecified atom stereocenters. The second-order valence-electron chi connectivity index (χ2n) is 27.4. The Kier molecular flexibility index (Phi) is 64.6. The van der Waals surface area contributed by atoms with E-state index in [4.69, 9.17) is 37.0 Å². The van der Waals surface area contributed by atoms with E-state index in [1.807, 2.05) is 0 Å². The SMILES string of the molecule is CCCCCCCCCCCCCCCCC(=O)OC[C@H](COP(=O)(O)OC[C@@H](O)COP(=O)(O)OC[C@@H](COC(=O)CCCCCCCCCC)OC(=O)CCCCCCCCC(C)CC)OC(=O)CCCCCCCCCCCCCCCCCCCCC(C)C. The predicted octanol–water partition coefficient (Wildman–Crippen LogP) is 21.6. The average Bonchev–Trinajstić information content (AvgIpc) is 2.43. The van der Waals surface area contributed by atoms with Gasteiger partial charge in [-0.25, -0.2) is 9.13 Å². The lowest BCUT2D eigenvalue weighted by atomic mass is 10.00. The van der Waals surface area contributed by atoms with Crippen LogP contribution in [0.15, 0.2) is 0 Å². The monoisotopic (exact) mass is 1370 g/mol. The first-order chi connectivity index (χ1) is 44.9. The van der Waals surface area contributed by atoms with E-state index in [-0.39, 0.29) is 25.7 Å². The largest absolute Gasteiger partial charge is 0.472 e. The summed E-state index contributed by atoms with van der Waals surface area (Å²) in [6.45, 7) is 9.54. The van der Waals surface area contributed by atoms with Crippen LogP contribution in [0, 0.1) is 11.8 Å². The van der Waals surface area contributed by atoms with Gasteiger partial charge in [0.15, 0.2) is 12.2 Å². The summed E-state index contributed by atoms with van der Waals surface area (Å²) in [4.78, 5) is 72.6. The van der Waals surface area contributed by atoms with Gasteiger partial charge in [-0.05, 0) is 37.5 Å². The second kappa shape index (κ2) is 66.0. The zero-order valence-corrected chi connectivity index (χ0v) is 62.3. The Bertz CT molecular complexity index is 1810. The lowest BCUT2D eigenvalue weighted by molar-refractivity contribution is -0.161. The fourth-order valence-corrected chi connectivity index (χ4v) is 12.8. The number of carbonyl (C=O) groups excluding carboxylic acids is 4. The minimum atomic E-state index is -4.95. The van der Waals surface area contributed by atoms with E-state index in [1.165, 1.54) is 193 Å². The quantitative estimate of drug-likeness (QED) is 0.0222. The van der Waals surface area contributed by atoms with Gasteiger partial charge in [0.05, 0.1) is 26.4 Å². The Hall–Kier alpha value is -1.94. The van der Waals surface area contributed by atoms with E-state index in [9.17, 15) is 43.2 Å². The molecule has 0 aliphatic heterocycles. The summed E-state index contributed by atoms with van der Waals surface area (Å²) < 4.78 is 68.3. The van der Waals surface area contributed by atoms with Crippen molar-refractivity contribution < 1.29 is 80.2 Å². The van der Waals surface area contributed by atoms with Crippen molar-refractivity contribution in [3.63, 3.8) is 0 Å². The summed E-state index contributed by atoms with van der Waals surface area (Å²) in [7, 11) is -9.90. The molecule has 3 N–H and O–H groups in total. The average molecular weight is 1370 g/mol. The highest BCUT2D eigenvalue weighted by atomic mass is 31.2. The molecule has 0 aromatic heterocycles. The molecule has 0 aliphatic rings. The zero-order valence-electron chi connectivity index (χ0n) is 60.6. The molecule has 0 aliphatic carbocycles. The molecule has 0 aromatic rings. The van der Waals surface area contributed by atoms with Crippen LogP contribution in [0.5, 0.6) is 0 Å². The Labute approximate surface area is 568 Å². The van der Waals surface area contributed by atoms with Crippen LogP contribution in [0.25, 0.3) is 0 Å². The van der Waals surface area contributed by atoms with Gasteiger partial charge < -0.3 is 33.8 Å². The second-order valence-corrected chi connectivity index (χ2v) is 30.3. The molecule has 552 valence electrons. The van der Waals surface area contributed by atoms with Crippen molar-refractivity contribution in [1.82, 2.24) is 0 Å². The van der Waals surface area contributed by atoms with Gasteiger partial charge in [0.2, 0.25) is 0 Å². The molecule has 0 rings (SSSR count). The number of carbonyl (C=O) groups is 4. The first-order valence-electron chi connectivity index (χ1n) is 38.5. The maximum absolute atomic E-state index is 13.1. The number of ether oxygens (including phenoxy) is 4. The third-order valence-electron chi connectivity index (χ3n) is 17.6. The van der Waals surface area contributed by atoms with Gasteiger partial charge in [-0.3, -0.25) is 37.3 Å². The van der Waals surface area contributed by atoms with Gasteiger partial charge in [0, 0.05) is 25.7 Å². The number of hydrogen-bond acceptors (Lipinski definition) is 15.